The fraction of sp³-hybridized carbons (Fsp3) is 0.263. The van der Waals surface area contributed by atoms with E-state index in [4.69, 9.17) is 4.74 Å². The molecule has 1 aliphatic heterocycles. The van der Waals surface area contributed by atoms with Gasteiger partial charge in [-0.25, -0.2) is 0 Å². The van der Waals surface area contributed by atoms with Gasteiger partial charge in [0.25, 0.3) is 5.91 Å². The Labute approximate surface area is 141 Å². The monoisotopic (exact) mass is 324 g/mol. The molecule has 1 fully saturated rings. The Morgan fingerprint density at radius 1 is 1.21 bits per heavy atom. The molecule has 1 aliphatic rings. The van der Waals surface area contributed by atoms with Gasteiger partial charge in [-0.2, -0.15) is 0 Å². The van der Waals surface area contributed by atoms with E-state index in [1.54, 1.807) is 36.3 Å². The molecule has 24 heavy (non-hydrogen) atoms. The molecule has 2 aromatic rings. The fourth-order valence-corrected chi connectivity index (χ4v) is 2.81. The summed E-state index contributed by atoms with van der Waals surface area (Å²) in [6.07, 6.45) is 0.309. The van der Waals surface area contributed by atoms with Gasteiger partial charge in [-0.1, -0.05) is 23.8 Å². The molecule has 1 heterocycles. The zero-order valence-corrected chi connectivity index (χ0v) is 13.8. The van der Waals surface area contributed by atoms with Crippen molar-refractivity contribution in [2.75, 3.05) is 18.6 Å². The SMILES string of the molecule is COc1cccc(C(=O)N[C@@H]2CC(=O)N(c3ccc(C)cc3)C2)c1. The van der Waals surface area contributed by atoms with Crippen molar-refractivity contribution in [3.05, 3.63) is 59.7 Å². The third-order valence-electron chi connectivity index (χ3n) is 4.14. The molecule has 1 saturated heterocycles. The van der Waals surface area contributed by atoms with E-state index < -0.39 is 0 Å². The van der Waals surface area contributed by atoms with Gasteiger partial charge in [0.15, 0.2) is 0 Å². The van der Waals surface area contributed by atoms with Crippen LogP contribution < -0.4 is 15.0 Å². The maximum Gasteiger partial charge on any atom is 0.251 e. The number of ether oxygens (including phenoxy) is 1. The van der Waals surface area contributed by atoms with Crippen molar-refractivity contribution in [1.29, 1.82) is 0 Å². The van der Waals surface area contributed by atoms with Gasteiger partial charge in [-0.3, -0.25) is 9.59 Å². The summed E-state index contributed by atoms with van der Waals surface area (Å²) in [5.74, 6) is 0.457. The van der Waals surface area contributed by atoms with Crippen LogP contribution in [0.2, 0.25) is 0 Å². The standard InChI is InChI=1S/C19H20N2O3/c1-13-6-8-16(9-7-13)21-12-15(11-18(21)22)20-19(23)14-4-3-5-17(10-14)24-2/h3-10,15H,11-12H2,1-2H3,(H,20,23)/t15-/m1/s1. The first-order chi connectivity index (χ1) is 11.6. The molecule has 0 unspecified atom stereocenters. The van der Waals surface area contributed by atoms with E-state index in [0.29, 0.717) is 24.3 Å². The summed E-state index contributed by atoms with van der Waals surface area (Å²) in [6, 6.07) is 14.6. The number of nitrogens with zero attached hydrogens (tertiary/aromatic N) is 1. The molecule has 1 N–H and O–H groups in total. The fourth-order valence-electron chi connectivity index (χ4n) is 2.81. The summed E-state index contributed by atoms with van der Waals surface area (Å²) in [6.45, 7) is 2.49. The van der Waals surface area contributed by atoms with E-state index >= 15 is 0 Å². The number of methoxy groups -OCH3 is 1. The average molecular weight is 324 g/mol. The predicted molar refractivity (Wildman–Crippen MR) is 92.4 cm³/mol. The van der Waals surface area contributed by atoms with Crippen molar-refractivity contribution >= 4 is 17.5 Å². The van der Waals surface area contributed by atoms with Crippen LogP contribution in [0.5, 0.6) is 5.75 Å². The molecule has 2 aromatic carbocycles. The summed E-state index contributed by atoms with van der Waals surface area (Å²) in [7, 11) is 1.56. The van der Waals surface area contributed by atoms with Gasteiger partial charge in [-0.05, 0) is 37.3 Å². The third-order valence-corrected chi connectivity index (χ3v) is 4.14. The summed E-state index contributed by atoms with van der Waals surface area (Å²) in [4.78, 5) is 26.3. The number of nitrogens with one attached hydrogen (secondary N) is 1. The summed E-state index contributed by atoms with van der Waals surface area (Å²) >= 11 is 0. The van der Waals surface area contributed by atoms with Gasteiger partial charge in [0.2, 0.25) is 5.91 Å². The van der Waals surface area contributed by atoms with Crippen LogP contribution in [-0.2, 0) is 4.79 Å². The minimum Gasteiger partial charge on any atom is -0.497 e. The number of rotatable bonds is 4. The van der Waals surface area contributed by atoms with Crippen LogP contribution in [0.25, 0.3) is 0 Å². The molecule has 0 aromatic heterocycles. The lowest BCUT2D eigenvalue weighted by Gasteiger charge is -2.17. The Morgan fingerprint density at radius 3 is 2.67 bits per heavy atom. The molecular weight excluding hydrogens is 304 g/mol. The van der Waals surface area contributed by atoms with Crippen molar-refractivity contribution in [3.8, 4) is 5.75 Å². The van der Waals surface area contributed by atoms with Gasteiger partial charge < -0.3 is 15.0 Å². The largest absolute Gasteiger partial charge is 0.497 e. The molecule has 2 amide bonds. The number of amides is 2. The number of hydrogen-bond acceptors (Lipinski definition) is 3. The van der Waals surface area contributed by atoms with Crippen LogP contribution >= 0.6 is 0 Å². The molecule has 1 atom stereocenters. The van der Waals surface area contributed by atoms with Gasteiger partial charge in [0.05, 0.1) is 13.2 Å². The highest BCUT2D eigenvalue weighted by Crippen LogP contribution is 2.22. The van der Waals surface area contributed by atoms with Crippen LogP contribution in [0.1, 0.15) is 22.3 Å². The highest BCUT2D eigenvalue weighted by molar-refractivity contribution is 5.99. The van der Waals surface area contributed by atoms with E-state index in [1.165, 1.54) is 0 Å². The second kappa shape index (κ2) is 6.74. The summed E-state index contributed by atoms with van der Waals surface area (Å²) in [5.41, 5.74) is 2.53. The number of benzene rings is 2. The van der Waals surface area contributed by atoms with E-state index in [-0.39, 0.29) is 17.9 Å². The van der Waals surface area contributed by atoms with Crippen LogP contribution in [0.4, 0.5) is 5.69 Å². The number of anilines is 1. The van der Waals surface area contributed by atoms with Gasteiger partial charge in [0.1, 0.15) is 5.75 Å². The van der Waals surface area contributed by atoms with Crippen molar-refractivity contribution in [2.45, 2.75) is 19.4 Å². The lowest BCUT2D eigenvalue weighted by Crippen LogP contribution is -2.37. The molecule has 124 valence electrons. The van der Waals surface area contributed by atoms with Crippen LogP contribution in [0, 0.1) is 6.92 Å². The molecule has 5 heteroatoms. The first-order valence-electron chi connectivity index (χ1n) is 7.89. The lowest BCUT2D eigenvalue weighted by atomic mass is 10.1. The van der Waals surface area contributed by atoms with Crippen molar-refractivity contribution in [1.82, 2.24) is 5.32 Å². The first kappa shape index (κ1) is 16.1. The number of aryl methyl sites for hydroxylation is 1. The molecule has 0 saturated carbocycles. The lowest BCUT2D eigenvalue weighted by molar-refractivity contribution is -0.117. The van der Waals surface area contributed by atoms with Gasteiger partial charge in [0, 0.05) is 24.2 Å². The summed E-state index contributed by atoms with van der Waals surface area (Å²) < 4.78 is 5.13. The van der Waals surface area contributed by atoms with Crippen molar-refractivity contribution in [2.24, 2.45) is 0 Å². The molecule has 5 nitrogen and oxygen atoms in total. The van der Waals surface area contributed by atoms with Crippen molar-refractivity contribution < 1.29 is 14.3 Å². The Bertz CT molecular complexity index is 755. The zero-order chi connectivity index (χ0) is 17.1. The second-order valence-corrected chi connectivity index (χ2v) is 5.95. The maximum absolute atomic E-state index is 12.4. The Morgan fingerprint density at radius 2 is 1.96 bits per heavy atom. The third kappa shape index (κ3) is 3.40. The van der Waals surface area contributed by atoms with E-state index in [0.717, 1.165) is 11.3 Å². The Kier molecular flexibility index (Phi) is 4.51. The van der Waals surface area contributed by atoms with E-state index in [9.17, 15) is 9.59 Å². The number of carbonyl (C=O) groups excluding carboxylic acids is 2. The maximum atomic E-state index is 12.4. The van der Waals surface area contributed by atoms with Crippen LogP contribution in [-0.4, -0.2) is 31.5 Å². The predicted octanol–water partition coefficient (Wildman–Crippen LogP) is 2.54. The van der Waals surface area contributed by atoms with Crippen molar-refractivity contribution in [3.63, 3.8) is 0 Å². The molecule has 3 rings (SSSR count). The molecule has 0 aliphatic carbocycles. The molecule has 0 radical (unpaired) electrons. The molecule has 0 bridgehead atoms. The van der Waals surface area contributed by atoms with Crippen LogP contribution in [0.3, 0.4) is 0 Å². The van der Waals surface area contributed by atoms with E-state index in [1.807, 2.05) is 31.2 Å². The quantitative estimate of drug-likeness (QED) is 0.940. The van der Waals surface area contributed by atoms with E-state index in [2.05, 4.69) is 5.32 Å². The smallest absolute Gasteiger partial charge is 0.251 e. The number of hydrogen-bond donors (Lipinski definition) is 1. The Balaban J connectivity index is 1.67. The highest BCUT2D eigenvalue weighted by atomic mass is 16.5. The summed E-state index contributed by atoms with van der Waals surface area (Å²) in [5, 5.41) is 2.93. The minimum atomic E-state index is -0.197. The molecule has 0 spiro atoms. The number of carbonyl (C=O) groups is 2. The average Bonchev–Trinajstić information content (AvgIpc) is 2.96. The van der Waals surface area contributed by atoms with Crippen LogP contribution in [0.15, 0.2) is 48.5 Å². The Hall–Kier alpha value is -2.82. The second-order valence-electron chi connectivity index (χ2n) is 5.95. The zero-order valence-electron chi connectivity index (χ0n) is 13.8. The van der Waals surface area contributed by atoms with Gasteiger partial charge in [-0.15, -0.1) is 0 Å². The highest BCUT2D eigenvalue weighted by Gasteiger charge is 2.31. The normalized spacial score (nSPS) is 17.0. The molecular formula is C19H20N2O3. The minimum absolute atomic E-state index is 0.0230. The first-order valence-corrected chi connectivity index (χ1v) is 7.89. The topological polar surface area (TPSA) is 58.6 Å². The van der Waals surface area contributed by atoms with Gasteiger partial charge >= 0.3 is 0 Å².